The lowest BCUT2D eigenvalue weighted by atomic mass is 10.0. The fourth-order valence-corrected chi connectivity index (χ4v) is 2.85. The van der Waals surface area contributed by atoms with Crippen LogP contribution in [0.5, 0.6) is 0 Å². The van der Waals surface area contributed by atoms with Crippen LogP contribution in [0.3, 0.4) is 0 Å². The number of rotatable bonds is 5. The predicted octanol–water partition coefficient (Wildman–Crippen LogP) is 4.31. The van der Waals surface area contributed by atoms with Gasteiger partial charge in [0.25, 0.3) is 11.1 Å². The minimum Gasteiger partial charge on any atom is -0.459 e. The Bertz CT molecular complexity index is 824. The zero-order valence-corrected chi connectivity index (χ0v) is 13.9. The number of thioether (sulfide) groups is 1. The van der Waals surface area contributed by atoms with Gasteiger partial charge in [-0.15, -0.1) is 10.2 Å². The third kappa shape index (κ3) is 3.37. The number of aryl methyl sites for hydroxylation is 2. The third-order valence-corrected chi connectivity index (χ3v) is 4.51. The Kier molecular flexibility index (Phi) is 4.34. The fraction of sp³-hybridized carbons (Fsp3) is 0.235. The highest BCUT2D eigenvalue weighted by Gasteiger charge is 2.21. The first kappa shape index (κ1) is 15.6. The lowest BCUT2D eigenvalue weighted by Gasteiger charge is -2.09. The van der Waals surface area contributed by atoms with Gasteiger partial charge in [0.2, 0.25) is 0 Å². The summed E-state index contributed by atoms with van der Waals surface area (Å²) in [5.41, 5.74) is 2.96. The number of carbonyl (C=O) groups is 1. The summed E-state index contributed by atoms with van der Waals surface area (Å²) >= 11 is 1.24. The SMILES string of the molecule is Cc1ccc(C(=O)[C@H](C)Sc2nnc(-c3ccco3)o2)cc1C. The molecular formula is C17H16N2O3S. The van der Waals surface area contributed by atoms with Crippen molar-refractivity contribution in [1.82, 2.24) is 10.2 Å². The highest BCUT2D eigenvalue weighted by molar-refractivity contribution is 8.00. The first-order valence-electron chi connectivity index (χ1n) is 7.20. The number of hydrogen-bond donors (Lipinski definition) is 0. The summed E-state index contributed by atoms with van der Waals surface area (Å²) < 4.78 is 10.7. The Morgan fingerprint density at radius 1 is 1.17 bits per heavy atom. The average molecular weight is 328 g/mol. The van der Waals surface area contributed by atoms with Gasteiger partial charge in [-0.1, -0.05) is 23.9 Å². The molecule has 3 aromatic rings. The van der Waals surface area contributed by atoms with Crippen molar-refractivity contribution in [3.63, 3.8) is 0 Å². The minimum atomic E-state index is -0.318. The molecule has 0 bridgehead atoms. The summed E-state index contributed by atoms with van der Waals surface area (Å²) in [6.07, 6.45) is 1.54. The second-order valence-electron chi connectivity index (χ2n) is 5.27. The Balaban J connectivity index is 1.72. The van der Waals surface area contributed by atoms with Gasteiger partial charge >= 0.3 is 0 Å². The van der Waals surface area contributed by atoms with E-state index in [4.69, 9.17) is 8.83 Å². The van der Waals surface area contributed by atoms with Crippen LogP contribution in [-0.2, 0) is 0 Å². The number of benzene rings is 1. The van der Waals surface area contributed by atoms with Gasteiger partial charge in [-0.25, -0.2) is 0 Å². The van der Waals surface area contributed by atoms with Crippen LogP contribution in [0.25, 0.3) is 11.7 Å². The van der Waals surface area contributed by atoms with Crippen LogP contribution in [0.1, 0.15) is 28.4 Å². The molecule has 0 aliphatic carbocycles. The topological polar surface area (TPSA) is 69.1 Å². The van der Waals surface area contributed by atoms with E-state index in [2.05, 4.69) is 10.2 Å². The second-order valence-corrected chi connectivity index (χ2v) is 6.57. The van der Waals surface area contributed by atoms with Gasteiger partial charge in [-0.3, -0.25) is 4.79 Å². The molecule has 0 amide bonds. The van der Waals surface area contributed by atoms with E-state index in [9.17, 15) is 4.79 Å². The van der Waals surface area contributed by atoms with Crippen molar-refractivity contribution < 1.29 is 13.6 Å². The van der Waals surface area contributed by atoms with Crippen LogP contribution in [0.15, 0.2) is 50.7 Å². The average Bonchev–Trinajstić information content (AvgIpc) is 3.20. The van der Waals surface area contributed by atoms with E-state index in [-0.39, 0.29) is 11.0 Å². The van der Waals surface area contributed by atoms with E-state index in [1.165, 1.54) is 23.6 Å². The molecule has 23 heavy (non-hydrogen) atoms. The van der Waals surface area contributed by atoms with Crippen LogP contribution in [0, 0.1) is 13.8 Å². The maximum atomic E-state index is 12.5. The first-order chi connectivity index (χ1) is 11.0. The molecule has 1 atom stereocenters. The molecule has 0 unspecified atom stereocenters. The quantitative estimate of drug-likeness (QED) is 0.513. The number of Topliss-reactive ketones (excluding diaryl/α,β-unsaturated/α-hetero) is 1. The largest absolute Gasteiger partial charge is 0.459 e. The van der Waals surface area contributed by atoms with Crippen molar-refractivity contribution >= 4 is 17.5 Å². The minimum absolute atomic E-state index is 0.0378. The fourth-order valence-electron chi connectivity index (χ4n) is 2.09. The molecule has 0 spiro atoms. The van der Waals surface area contributed by atoms with Crippen LogP contribution < -0.4 is 0 Å². The van der Waals surface area contributed by atoms with Crippen LogP contribution in [0.2, 0.25) is 0 Å². The lowest BCUT2D eigenvalue weighted by molar-refractivity contribution is 0.0993. The van der Waals surface area contributed by atoms with Crippen molar-refractivity contribution in [2.45, 2.75) is 31.2 Å². The molecule has 6 heteroatoms. The molecule has 0 aliphatic heterocycles. The summed E-state index contributed by atoms with van der Waals surface area (Å²) in [7, 11) is 0. The van der Waals surface area contributed by atoms with Gasteiger partial charge in [0.1, 0.15) is 0 Å². The zero-order valence-electron chi connectivity index (χ0n) is 13.1. The Labute approximate surface area is 138 Å². The Hall–Kier alpha value is -2.34. The molecule has 2 heterocycles. The number of ketones is 1. The van der Waals surface area contributed by atoms with E-state index in [1.54, 1.807) is 12.1 Å². The lowest BCUT2D eigenvalue weighted by Crippen LogP contribution is -2.13. The number of furan rings is 1. The van der Waals surface area contributed by atoms with Crippen molar-refractivity contribution in [2.24, 2.45) is 0 Å². The summed E-state index contributed by atoms with van der Waals surface area (Å²) in [6, 6.07) is 9.21. The van der Waals surface area contributed by atoms with Gasteiger partial charge in [0.05, 0.1) is 11.5 Å². The first-order valence-corrected chi connectivity index (χ1v) is 8.08. The number of aromatic nitrogens is 2. The van der Waals surface area contributed by atoms with Gasteiger partial charge in [0, 0.05) is 5.56 Å². The third-order valence-electron chi connectivity index (χ3n) is 3.58. The molecule has 0 aliphatic rings. The van der Waals surface area contributed by atoms with E-state index < -0.39 is 0 Å². The van der Waals surface area contributed by atoms with Gasteiger partial charge in [-0.2, -0.15) is 0 Å². The highest BCUT2D eigenvalue weighted by Crippen LogP contribution is 2.28. The molecular weight excluding hydrogens is 312 g/mol. The Morgan fingerprint density at radius 2 is 2.00 bits per heavy atom. The smallest absolute Gasteiger partial charge is 0.284 e. The molecule has 5 nitrogen and oxygen atoms in total. The van der Waals surface area contributed by atoms with E-state index in [0.717, 1.165) is 5.56 Å². The summed E-state index contributed by atoms with van der Waals surface area (Å²) in [5, 5.41) is 7.91. The molecule has 0 saturated heterocycles. The normalized spacial score (nSPS) is 12.3. The van der Waals surface area contributed by atoms with Crippen molar-refractivity contribution in [1.29, 1.82) is 0 Å². The zero-order chi connectivity index (χ0) is 16.4. The van der Waals surface area contributed by atoms with E-state index in [1.807, 2.05) is 39.0 Å². The number of nitrogens with zero attached hydrogens (tertiary/aromatic N) is 2. The predicted molar refractivity (Wildman–Crippen MR) is 87.6 cm³/mol. The maximum absolute atomic E-state index is 12.5. The standard InChI is InChI=1S/C17H16N2O3S/c1-10-6-7-13(9-11(10)2)15(20)12(3)23-17-19-18-16(22-17)14-5-4-8-21-14/h4-9,12H,1-3H3/t12-/m0/s1. The Morgan fingerprint density at radius 3 is 2.70 bits per heavy atom. The molecule has 118 valence electrons. The molecule has 2 aromatic heterocycles. The van der Waals surface area contributed by atoms with Crippen molar-refractivity contribution in [2.75, 3.05) is 0 Å². The summed E-state index contributed by atoms with van der Waals surface area (Å²) in [4.78, 5) is 12.5. The monoisotopic (exact) mass is 328 g/mol. The highest BCUT2D eigenvalue weighted by atomic mass is 32.2. The number of carbonyl (C=O) groups excluding carboxylic acids is 1. The van der Waals surface area contributed by atoms with Crippen LogP contribution in [0.4, 0.5) is 0 Å². The molecule has 0 fully saturated rings. The summed E-state index contributed by atoms with van der Waals surface area (Å²) in [5.74, 6) is 0.858. The van der Waals surface area contributed by atoms with Crippen LogP contribution >= 0.6 is 11.8 Å². The molecule has 0 radical (unpaired) electrons. The van der Waals surface area contributed by atoms with Gasteiger partial charge < -0.3 is 8.83 Å². The van der Waals surface area contributed by atoms with E-state index in [0.29, 0.717) is 22.4 Å². The van der Waals surface area contributed by atoms with Crippen molar-refractivity contribution in [3.05, 3.63) is 53.3 Å². The van der Waals surface area contributed by atoms with Crippen molar-refractivity contribution in [3.8, 4) is 11.7 Å². The number of hydrogen-bond acceptors (Lipinski definition) is 6. The molecule has 0 N–H and O–H groups in total. The van der Waals surface area contributed by atoms with Crippen LogP contribution in [-0.4, -0.2) is 21.2 Å². The molecule has 3 rings (SSSR count). The second kappa shape index (κ2) is 6.42. The summed E-state index contributed by atoms with van der Waals surface area (Å²) in [6.45, 7) is 5.85. The maximum Gasteiger partial charge on any atom is 0.284 e. The van der Waals surface area contributed by atoms with Gasteiger partial charge in [0.15, 0.2) is 11.5 Å². The van der Waals surface area contributed by atoms with E-state index >= 15 is 0 Å². The molecule has 0 saturated carbocycles. The molecule has 1 aromatic carbocycles. The van der Waals surface area contributed by atoms with Gasteiger partial charge in [-0.05, 0) is 50.1 Å².